The van der Waals surface area contributed by atoms with Crippen molar-refractivity contribution in [2.75, 3.05) is 6.61 Å². The lowest BCUT2D eigenvalue weighted by molar-refractivity contribution is 0.0493. The molecule has 22 heavy (non-hydrogen) atoms. The van der Waals surface area contributed by atoms with Gasteiger partial charge in [0, 0.05) is 6.07 Å². The Kier molecular flexibility index (Phi) is 8.18. The lowest BCUT2D eigenvalue weighted by atomic mass is 10.1. The predicted octanol–water partition coefficient (Wildman–Crippen LogP) is 4.10. The Balaban J connectivity index is 2.21. The number of phenolic OH excluding ortho intramolecular Hbond substituents is 3. The highest BCUT2D eigenvalue weighted by Gasteiger charge is 2.17. The number of hydrogen-bond donors (Lipinski definition) is 3. The van der Waals surface area contributed by atoms with Crippen LogP contribution in [0.25, 0.3) is 0 Å². The summed E-state index contributed by atoms with van der Waals surface area (Å²) in [5, 5.41) is 28.2. The van der Waals surface area contributed by atoms with Gasteiger partial charge in [-0.05, 0) is 12.5 Å². The van der Waals surface area contributed by atoms with Gasteiger partial charge in [0.05, 0.1) is 6.61 Å². The van der Waals surface area contributed by atoms with Gasteiger partial charge < -0.3 is 20.1 Å². The number of unbranched alkanes of at least 4 members (excludes halogenated alkanes) is 7. The molecule has 0 radical (unpaired) electrons. The normalized spacial score (nSPS) is 10.6. The highest BCUT2D eigenvalue weighted by atomic mass is 16.5. The first-order chi connectivity index (χ1) is 10.6. The Morgan fingerprint density at radius 1 is 0.955 bits per heavy atom. The predicted molar refractivity (Wildman–Crippen MR) is 84.3 cm³/mol. The first-order valence-electron chi connectivity index (χ1n) is 7.98. The second-order valence-electron chi connectivity index (χ2n) is 5.47. The lowest BCUT2D eigenvalue weighted by Gasteiger charge is -2.08. The van der Waals surface area contributed by atoms with Gasteiger partial charge in [0.2, 0.25) is 0 Å². The van der Waals surface area contributed by atoms with Crippen LogP contribution in [0.15, 0.2) is 12.1 Å². The Labute approximate surface area is 131 Å². The minimum atomic E-state index is -0.744. The SMILES string of the molecule is CCCCCCCCCCOC(=O)c1cc(O)cc(O)c1O. The van der Waals surface area contributed by atoms with Crippen molar-refractivity contribution in [3.63, 3.8) is 0 Å². The third kappa shape index (κ3) is 6.24. The molecule has 0 aliphatic heterocycles. The number of carbonyl (C=O) groups excluding carboxylic acids is 1. The second-order valence-corrected chi connectivity index (χ2v) is 5.47. The highest BCUT2D eigenvalue weighted by molar-refractivity contribution is 5.93. The fourth-order valence-corrected chi connectivity index (χ4v) is 2.24. The monoisotopic (exact) mass is 310 g/mol. The van der Waals surface area contributed by atoms with Crippen molar-refractivity contribution in [3.8, 4) is 17.2 Å². The third-order valence-electron chi connectivity index (χ3n) is 3.53. The summed E-state index contributed by atoms with van der Waals surface area (Å²) in [7, 11) is 0. The molecule has 0 unspecified atom stereocenters. The quantitative estimate of drug-likeness (QED) is 0.262. The van der Waals surface area contributed by atoms with Crippen LogP contribution in [0, 0.1) is 0 Å². The maximum absolute atomic E-state index is 11.8. The third-order valence-corrected chi connectivity index (χ3v) is 3.53. The molecule has 5 nitrogen and oxygen atoms in total. The largest absolute Gasteiger partial charge is 0.508 e. The van der Waals surface area contributed by atoms with Gasteiger partial charge in [0.15, 0.2) is 11.5 Å². The summed E-state index contributed by atoms with van der Waals surface area (Å²) in [5.74, 6) is -2.15. The second kappa shape index (κ2) is 9.92. The molecule has 0 heterocycles. The molecule has 0 aromatic heterocycles. The van der Waals surface area contributed by atoms with Crippen LogP contribution in [0.2, 0.25) is 0 Å². The van der Waals surface area contributed by atoms with Gasteiger partial charge in [-0.2, -0.15) is 0 Å². The summed E-state index contributed by atoms with van der Waals surface area (Å²) in [6.45, 7) is 2.46. The number of rotatable bonds is 10. The molecule has 3 N–H and O–H groups in total. The van der Waals surface area contributed by atoms with E-state index in [1.165, 1.54) is 32.1 Å². The standard InChI is InChI=1S/C17H26O5/c1-2-3-4-5-6-7-8-9-10-22-17(21)14-11-13(18)12-15(19)16(14)20/h11-12,18-20H,2-10H2,1H3. The van der Waals surface area contributed by atoms with E-state index in [0.717, 1.165) is 31.4 Å². The molecular weight excluding hydrogens is 284 g/mol. The summed E-state index contributed by atoms with van der Waals surface area (Å²) in [4.78, 5) is 11.8. The van der Waals surface area contributed by atoms with E-state index in [4.69, 9.17) is 4.74 Å². The van der Waals surface area contributed by atoms with Crippen LogP contribution in [0.4, 0.5) is 0 Å². The van der Waals surface area contributed by atoms with Crippen molar-refractivity contribution in [1.29, 1.82) is 0 Å². The van der Waals surface area contributed by atoms with Crippen molar-refractivity contribution in [1.82, 2.24) is 0 Å². The van der Waals surface area contributed by atoms with Gasteiger partial charge in [0.25, 0.3) is 0 Å². The van der Waals surface area contributed by atoms with Crippen LogP contribution in [-0.2, 0) is 4.74 Å². The minimum absolute atomic E-state index is 0.225. The molecule has 124 valence electrons. The molecule has 0 aliphatic rings. The van der Waals surface area contributed by atoms with Crippen LogP contribution >= 0.6 is 0 Å². The summed E-state index contributed by atoms with van der Waals surface area (Å²) < 4.78 is 5.04. The van der Waals surface area contributed by atoms with Crippen LogP contribution in [0.5, 0.6) is 17.2 Å². The first kappa shape index (κ1) is 18.1. The Bertz CT molecular complexity index is 470. The van der Waals surface area contributed by atoms with Gasteiger partial charge in [0.1, 0.15) is 11.3 Å². The summed E-state index contributed by atoms with van der Waals surface area (Å²) >= 11 is 0. The summed E-state index contributed by atoms with van der Waals surface area (Å²) in [6.07, 6.45) is 9.16. The van der Waals surface area contributed by atoms with Crippen LogP contribution < -0.4 is 0 Å². The van der Waals surface area contributed by atoms with Crippen molar-refractivity contribution >= 4 is 5.97 Å². The highest BCUT2D eigenvalue weighted by Crippen LogP contribution is 2.33. The van der Waals surface area contributed by atoms with E-state index >= 15 is 0 Å². The molecular formula is C17H26O5. The van der Waals surface area contributed by atoms with E-state index in [1.807, 2.05) is 0 Å². The molecule has 0 aliphatic carbocycles. The first-order valence-corrected chi connectivity index (χ1v) is 7.98. The van der Waals surface area contributed by atoms with Crippen molar-refractivity contribution in [2.24, 2.45) is 0 Å². The van der Waals surface area contributed by atoms with Crippen molar-refractivity contribution in [2.45, 2.75) is 58.3 Å². The number of aromatic hydroxyl groups is 3. The van der Waals surface area contributed by atoms with Gasteiger partial charge in [-0.3, -0.25) is 0 Å². The van der Waals surface area contributed by atoms with Crippen LogP contribution in [0.3, 0.4) is 0 Å². The molecule has 0 amide bonds. The van der Waals surface area contributed by atoms with E-state index < -0.39 is 17.5 Å². The maximum atomic E-state index is 11.8. The number of benzene rings is 1. The molecule has 0 atom stereocenters. The van der Waals surface area contributed by atoms with Crippen molar-refractivity contribution < 1.29 is 24.9 Å². The fraction of sp³-hybridized carbons (Fsp3) is 0.588. The Hall–Kier alpha value is -1.91. The zero-order valence-corrected chi connectivity index (χ0v) is 13.2. The van der Waals surface area contributed by atoms with E-state index in [9.17, 15) is 20.1 Å². The molecule has 0 spiro atoms. The number of carbonyl (C=O) groups is 1. The zero-order chi connectivity index (χ0) is 16.4. The molecule has 5 heteroatoms. The number of hydrogen-bond acceptors (Lipinski definition) is 5. The molecule has 0 bridgehead atoms. The molecule has 0 fully saturated rings. The maximum Gasteiger partial charge on any atom is 0.342 e. The number of phenols is 3. The van der Waals surface area contributed by atoms with Gasteiger partial charge in [-0.1, -0.05) is 51.9 Å². The minimum Gasteiger partial charge on any atom is -0.508 e. The fourth-order valence-electron chi connectivity index (χ4n) is 2.24. The van der Waals surface area contributed by atoms with E-state index in [0.29, 0.717) is 0 Å². The summed E-state index contributed by atoms with van der Waals surface area (Å²) in [6, 6.07) is 2.04. The Morgan fingerprint density at radius 3 is 2.18 bits per heavy atom. The molecule has 0 saturated carbocycles. The molecule has 1 rings (SSSR count). The van der Waals surface area contributed by atoms with Crippen LogP contribution in [-0.4, -0.2) is 27.9 Å². The average Bonchev–Trinajstić information content (AvgIpc) is 2.49. The number of ether oxygens (including phenoxy) is 1. The van der Waals surface area contributed by atoms with Gasteiger partial charge in [-0.25, -0.2) is 4.79 Å². The van der Waals surface area contributed by atoms with Crippen molar-refractivity contribution in [3.05, 3.63) is 17.7 Å². The smallest absolute Gasteiger partial charge is 0.342 e. The van der Waals surface area contributed by atoms with E-state index in [1.54, 1.807) is 0 Å². The molecule has 0 saturated heterocycles. The van der Waals surface area contributed by atoms with E-state index in [-0.39, 0.29) is 17.9 Å². The van der Waals surface area contributed by atoms with Gasteiger partial charge >= 0.3 is 5.97 Å². The zero-order valence-electron chi connectivity index (χ0n) is 13.2. The number of esters is 1. The molecule has 1 aromatic rings. The average molecular weight is 310 g/mol. The summed E-state index contributed by atoms with van der Waals surface area (Å²) in [5.41, 5.74) is -0.225. The lowest BCUT2D eigenvalue weighted by Crippen LogP contribution is -2.06. The van der Waals surface area contributed by atoms with Crippen LogP contribution in [0.1, 0.15) is 68.6 Å². The topological polar surface area (TPSA) is 87.0 Å². The molecule has 1 aromatic carbocycles. The Morgan fingerprint density at radius 2 is 1.55 bits per heavy atom. The van der Waals surface area contributed by atoms with E-state index in [2.05, 4.69) is 6.92 Å². The van der Waals surface area contributed by atoms with Gasteiger partial charge in [-0.15, -0.1) is 0 Å².